The molecule has 0 bridgehead atoms. The molecule has 1 aliphatic heterocycles. The molecule has 1 unspecified atom stereocenters. The van der Waals surface area contributed by atoms with Gasteiger partial charge in [-0.1, -0.05) is 0 Å². The van der Waals surface area contributed by atoms with E-state index in [9.17, 15) is 9.90 Å². The average Bonchev–Trinajstić information content (AvgIpc) is 2.80. The number of amides is 1. The van der Waals surface area contributed by atoms with E-state index in [1.165, 1.54) is 0 Å². The first kappa shape index (κ1) is 11.7. The van der Waals surface area contributed by atoms with Gasteiger partial charge in [0.15, 0.2) is 0 Å². The molecule has 1 aromatic rings. The predicted octanol–water partition coefficient (Wildman–Crippen LogP) is -0.545. The molecule has 0 spiro atoms. The zero-order valence-corrected chi connectivity index (χ0v) is 10.2. The van der Waals surface area contributed by atoms with E-state index in [2.05, 4.69) is 20.6 Å². The summed E-state index contributed by atoms with van der Waals surface area (Å²) in [6, 6.07) is -0.246. The van der Waals surface area contributed by atoms with Crippen molar-refractivity contribution >= 4 is 5.91 Å². The minimum Gasteiger partial charge on any atom is -0.388 e. The van der Waals surface area contributed by atoms with Crippen LogP contribution >= 0.6 is 0 Å². The van der Waals surface area contributed by atoms with E-state index in [4.69, 9.17) is 0 Å². The number of hydrogen-bond acceptors (Lipinski definition) is 4. The molecule has 2 heterocycles. The molecule has 98 valence electrons. The van der Waals surface area contributed by atoms with Gasteiger partial charge in [-0.2, -0.15) is 0 Å². The minimum absolute atomic E-state index is 0.0519. The third-order valence-electron chi connectivity index (χ3n) is 3.92. The molecule has 1 aliphatic carbocycles. The van der Waals surface area contributed by atoms with E-state index in [-0.39, 0.29) is 11.9 Å². The molecular weight excluding hydrogens is 232 g/mol. The lowest BCUT2D eigenvalue weighted by molar-refractivity contribution is -0.125. The van der Waals surface area contributed by atoms with E-state index in [1.54, 1.807) is 6.33 Å². The number of H-pyrrole nitrogens is 1. The van der Waals surface area contributed by atoms with Gasteiger partial charge in [-0.05, 0) is 19.3 Å². The van der Waals surface area contributed by atoms with Crippen LogP contribution in [0.15, 0.2) is 6.33 Å². The van der Waals surface area contributed by atoms with Gasteiger partial charge in [-0.15, -0.1) is 0 Å². The molecule has 0 saturated heterocycles. The van der Waals surface area contributed by atoms with E-state index >= 15 is 0 Å². The Kier molecular flexibility index (Phi) is 2.83. The van der Waals surface area contributed by atoms with Gasteiger partial charge in [0.2, 0.25) is 5.91 Å². The Morgan fingerprint density at radius 2 is 2.44 bits per heavy atom. The fourth-order valence-electron chi connectivity index (χ4n) is 2.49. The lowest BCUT2D eigenvalue weighted by Crippen LogP contribution is -2.53. The van der Waals surface area contributed by atoms with Crippen LogP contribution in [0.25, 0.3) is 0 Å². The number of carbonyl (C=O) groups is 1. The third kappa shape index (κ3) is 2.13. The fourth-order valence-corrected chi connectivity index (χ4v) is 2.49. The van der Waals surface area contributed by atoms with Crippen LogP contribution in [0.5, 0.6) is 0 Å². The van der Waals surface area contributed by atoms with Crippen LogP contribution in [0.2, 0.25) is 0 Å². The molecule has 1 aromatic heterocycles. The molecule has 0 aromatic carbocycles. The third-order valence-corrected chi connectivity index (χ3v) is 3.92. The SMILES string of the molecule is O=C(NCC1(O)CCC1)C1Cc2nc[nH]c2CN1. The Balaban J connectivity index is 1.54. The molecule has 0 radical (unpaired) electrons. The van der Waals surface area contributed by atoms with Crippen LogP contribution in [0.4, 0.5) is 0 Å². The molecule has 1 atom stereocenters. The van der Waals surface area contributed by atoms with Crippen LogP contribution in [-0.2, 0) is 17.8 Å². The number of nitrogens with zero attached hydrogens (tertiary/aromatic N) is 1. The highest BCUT2D eigenvalue weighted by Gasteiger charge is 2.35. The monoisotopic (exact) mass is 250 g/mol. The summed E-state index contributed by atoms with van der Waals surface area (Å²) in [5.74, 6) is -0.0519. The molecular formula is C12H18N4O2. The average molecular weight is 250 g/mol. The van der Waals surface area contributed by atoms with Gasteiger partial charge in [0.25, 0.3) is 0 Å². The summed E-state index contributed by atoms with van der Waals surface area (Å²) in [6.07, 6.45) is 4.88. The smallest absolute Gasteiger partial charge is 0.237 e. The first-order valence-corrected chi connectivity index (χ1v) is 6.41. The molecule has 3 rings (SSSR count). The quantitative estimate of drug-likeness (QED) is 0.580. The number of aromatic amines is 1. The molecule has 18 heavy (non-hydrogen) atoms. The first-order chi connectivity index (χ1) is 8.66. The van der Waals surface area contributed by atoms with Gasteiger partial charge in [0, 0.05) is 19.5 Å². The Bertz CT molecular complexity index is 453. The van der Waals surface area contributed by atoms with E-state index in [0.717, 1.165) is 30.7 Å². The maximum Gasteiger partial charge on any atom is 0.237 e. The summed E-state index contributed by atoms with van der Waals surface area (Å²) in [6.45, 7) is 0.995. The van der Waals surface area contributed by atoms with Gasteiger partial charge in [-0.25, -0.2) is 4.98 Å². The molecule has 6 nitrogen and oxygen atoms in total. The maximum absolute atomic E-state index is 12.0. The highest BCUT2D eigenvalue weighted by molar-refractivity contribution is 5.82. The number of aliphatic hydroxyl groups is 1. The van der Waals surface area contributed by atoms with Crippen molar-refractivity contribution in [3.05, 3.63) is 17.7 Å². The zero-order valence-electron chi connectivity index (χ0n) is 10.2. The number of imidazole rings is 1. The summed E-state index contributed by atoms with van der Waals surface area (Å²) in [7, 11) is 0. The van der Waals surface area contributed by atoms with E-state index in [0.29, 0.717) is 19.5 Å². The van der Waals surface area contributed by atoms with Gasteiger partial charge in [0.05, 0.1) is 29.4 Å². The van der Waals surface area contributed by atoms with Crippen LogP contribution in [0.1, 0.15) is 30.7 Å². The molecule has 2 aliphatic rings. The maximum atomic E-state index is 12.0. The Morgan fingerprint density at radius 1 is 1.61 bits per heavy atom. The number of carbonyl (C=O) groups excluding carboxylic acids is 1. The van der Waals surface area contributed by atoms with Crippen molar-refractivity contribution in [1.29, 1.82) is 0 Å². The second-order valence-electron chi connectivity index (χ2n) is 5.26. The van der Waals surface area contributed by atoms with Gasteiger partial charge in [0.1, 0.15) is 0 Å². The van der Waals surface area contributed by atoms with Crippen molar-refractivity contribution in [1.82, 2.24) is 20.6 Å². The van der Waals surface area contributed by atoms with Crippen molar-refractivity contribution in [2.75, 3.05) is 6.54 Å². The van der Waals surface area contributed by atoms with Crippen LogP contribution < -0.4 is 10.6 Å². The summed E-state index contributed by atoms with van der Waals surface area (Å²) >= 11 is 0. The fraction of sp³-hybridized carbons (Fsp3) is 0.667. The minimum atomic E-state index is -0.665. The lowest BCUT2D eigenvalue weighted by Gasteiger charge is -2.37. The van der Waals surface area contributed by atoms with Gasteiger partial charge >= 0.3 is 0 Å². The van der Waals surface area contributed by atoms with Crippen molar-refractivity contribution < 1.29 is 9.90 Å². The molecule has 4 N–H and O–H groups in total. The summed E-state index contributed by atoms with van der Waals surface area (Å²) in [5.41, 5.74) is 1.34. The second kappa shape index (κ2) is 4.37. The van der Waals surface area contributed by atoms with Crippen molar-refractivity contribution in [2.45, 2.75) is 43.9 Å². The number of nitrogens with one attached hydrogen (secondary N) is 3. The molecule has 1 saturated carbocycles. The first-order valence-electron chi connectivity index (χ1n) is 6.41. The Hall–Kier alpha value is -1.40. The molecule has 1 amide bonds. The van der Waals surface area contributed by atoms with Gasteiger partial charge in [-0.3, -0.25) is 10.1 Å². The highest BCUT2D eigenvalue weighted by atomic mass is 16.3. The van der Waals surface area contributed by atoms with Crippen LogP contribution in [-0.4, -0.2) is 39.2 Å². The standard InChI is InChI=1S/C12H18N4O2/c17-11(14-6-12(18)2-1-3-12)9-4-8-10(5-13-9)16-7-15-8/h7,9,13,18H,1-6H2,(H,14,17)(H,15,16). The summed E-state index contributed by atoms with van der Waals surface area (Å²) < 4.78 is 0. The molecule has 1 fully saturated rings. The predicted molar refractivity (Wildman–Crippen MR) is 64.7 cm³/mol. The Labute approximate surface area is 105 Å². The van der Waals surface area contributed by atoms with E-state index < -0.39 is 5.60 Å². The lowest BCUT2D eigenvalue weighted by atomic mass is 9.80. The second-order valence-corrected chi connectivity index (χ2v) is 5.26. The highest BCUT2D eigenvalue weighted by Crippen LogP contribution is 2.30. The number of hydrogen-bond donors (Lipinski definition) is 4. The van der Waals surface area contributed by atoms with E-state index in [1.807, 2.05) is 0 Å². The van der Waals surface area contributed by atoms with Crippen LogP contribution in [0, 0.1) is 0 Å². The number of rotatable bonds is 3. The normalized spacial score (nSPS) is 25.1. The summed E-state index contributed by atoms with van der Waals surface area (Å²) in [5, 5.41) is 15.9. The van der Waals surface area contributed by atoms with Crippen molar-refractivity contribution in [2.24, 2.45) is 0 Å². The van der Waals surface area contributed by atoms with Crippen LogP contribution in [0.3, 0.4) is 0 Å². The topological polar surface area (TPSA) is 90.0 Å². The molecule has 6 heteroatoms. The van der Waals surface area contributed by atoms with Crippen molar-refractivity contribution in [3.8, 4) is 0 Å². The zero-order chi connectivity index (χ0) is 12.6. The van der Waals surface area contributed by atoms with Gasteiger partial charge < -0.3 is 15.4 Å². The Morgan fingerprint density at radius 3 is 3.17 bits per heavy atom. The largest absolute Gasteiger partial charge is 0.388 e. The summed E-state index contributed by atoms with van der Waals surface area (Å²) in [4.78, 5) is 19.2. The number of aromatic nitrogens is 2. The van der Waals surface area contributed by atoms with Crippen molar-refractivity contribution in [3.63, 3.8) is 0 Å². The number of fused-ring (bicyclic) bond motifs is 1.